The first-order chi connectivity index (χ1) is 17.5. The molecule has 36 heavy (non-hydrogen) atoms. The number of benzene rings is 2. The van der Waals surface area contributed by atoms with Crippen LogP contribution in [0.1, 0.15) is 62.0 Å². The lowest BCUT2D eigenvalue weighted by atomic mass is 9.82. The van der Waals surface area contributed by atoms with Crippen LogP contribution in [0.2, 0.25) is 0 Å². The molecule has 190 valence electrons. The molecule has 3 fully saturated rings. The number of carbonyl (C=O) groups excluding carboxylic acids is 1. The van der Waals surface area contributed by atoms with Crippen LogP contribution < -0.4 is 11.1 Å². The van der Waals surface area contributed by atoms with Crippen molar-refractivity contribution in [2.45, 2.75) is 69.0 Å². The first kappa shape index (κ1) is 25.0. The van der Waals surface area contributed by atoms with E-state index in [1.54, 1.807) is 0 Å². The van der Waals surface area contributed by atoms with Crippen molar-refractivity contribution in [2.24, 2.45) is 5.73 Å². The van der Waals surface area contributed by atoms with Crippen LogP contribution in [-0.4, -0.2) is 60.0 Å². The maximum Gasteiger partial charge on any atom is 0.240 e. The number of amides is 1. The summed E-state index contributed by atoms with van der Waals surface area (Å²) in [6.07, 6.45) is 7.36. The molecule has 2 aliphatic carbocycles. The highest BCUT2D eigenvalue weighted by Gasteiger charge is 2.35. The van der Waals surface area contributed by atoms with E-state index < -0.39 is 11.5 Å². The van der Waals surface area contributed by atoms with Crippen molar-refractivity contribution < 1.29 is 4.79 Å². The van der Waals surface area contributed by atoms with E-state index in [4.69, 9.17) is 5.73 Å². The van der Waals surface area contributed by atoms with Crippen LogP contribution in [-0.2, 0) is 11.3 Å². The van der Waals surface area contributed by atoms with E-state index >= 15 is 0 Å². The van der Waals surface area contributed by atoms with E-state index in [-0.39, 0.29) is 12.5 Å². The van der Waals surface area contributed by atoms with E-state index in [2.05, 4.69) is 57.6 Å². The molecule has 0 aromatic heterocycles. The number of piperazine rings is 1. The van der Waals surface area contributed by atoms with Crippen LogP contribution in [0, 0.1) is 11.3 Å². The number of nitriles is 1. The van der Waals surface area contributed by atoms with E-state index in [9.17, 15) is 10.1 Å². The Labute approximate surface area is 215 Å². The second kappa shape index (κ2) is 11.1. The number of rotatable bonds is 8. The van der Waals surface area contributed by atoms with Crippen molar-refractivity contribution in [1.82, 2.24) is 15.1 Å². The molecule has 1 saturated heterocycles. The van der Waals surface area contributed by atoms with Gasteiger partial charge in [-0.2, -0.15) is 5.26 Å². The number of nitrogens with two attached hydrogens (primary N) is 1. The average molecular weight is 486 g/mol. The van der Waals surface area contributed by atoms with Gasteiger partial charge in [0, 0.05) is 45.3 Å². The predicted octanol–water partition coefficient (Wildman–Crippen LogP) is 4.02. The summed E-state index contributed by atoms with van der Waals surface area (Å²) < 4.78 is 0. The molecule has 2 aromatic rings. The summed E-state index contributed by atoms with van der Waals surface area (Å²) in [7, 11) is 0. The Kier molecular flexibility index (Phi) is 7.71. The second-order valence-corrected chi connectivity index (χ2v) is 11.0. The number of nitrogens with zero attached hydrogens (tertiary/aromatic N) is 3. The standard InChI is InChI=1S/C30H39N5O/c31-20-27(21-33-29(36)30(32)14-2-1-3-15-30)26-10-8-25(9-11-26)24-6-4-23(5-7-24)22-34-16-18-35(19-17-34)28-12-13-28/h4-11,27-28H,1-3,12-19,21-22,32H2,(H,33,36). The lowest BCUT2D eigenvalue weighted by Gasteiger charge is -2.34. The van der Waals surface area contributed by atoms with Gasteiger partial charge in [0.1, 0.15) is 0 Å². The Hall–Kier alpha value is -2.72. The smallest absolute Gasteiger partial charge is 0.240 e. The zero-order valence-electron chi connectivity index (χ0n) is 21.3. The third kappa shape index (κ3) is 5.98. The molecular formula is C30H39N5O. The Bertz CT molecular complexity index is 1060. The van der Waals surface area contributed by atoms with E-state index in [1.165, 1.54) is 37.1 Å². The Morgan fingerprint density at radius 2 is 1.58 bits per heavy atom. The zero-order valence-corrected chi connectivity index (χ0v) is 21.3. The SMILES string of the molecule is N#CC(CNC(=O)C1(N)CCCCC1)c1ccc(-c2ccc(CN3CCN(C4CC4)CC3)cc2)cc1. The van der Waals surface area contributed by atoms with Crippen LogP contribution in [0.15, 0.2) is 48.5 Å². The Morgan fingerprint density at radius 3 is 2.17 bits per heavy atom. The van der Waals surface area contributed by atoms with E-state index in [0.29, 0.717) is 0 Å². The maximum absolute atomic E-state index is 12.7. The molecule has 1 unspecified atom stereocenters. The van der Waals surface area contributed by atoms with E-state index in [1.807, 2.05) is 12.1 Å². The van der Waals surface area contributed by atoms with Gasteiger partial charge in [0.2, 0.25) is 5.91 Å². The summed E-state index contributed by atoms with van der Waals surface area (Å²) in [6.45, 7) is 6.03. The molecule has 1 heterocycles. The van der Waals surface area contributed by atoms with Gasteiger partial charge in [-0.05, 0) is 47.9 Å². The van der Waals surface area contributed by atoms with E-state index in [0.717, 1.165) is 68.9 Å². The molecule has 0 radical (unpaired) electrons. The van der Waals surface area contributed by atoms with Crippen molar-refractivity contribution in [3.05, 3.63) is 59.7 Å². The largest absolute Gasteiger partial charge is 0.353 e. The summed E-state index contributed by atoms with van der Waals surface area (Å²) in [5.74, 6) is -0.512. The molecule has 0 spiro atoms. The van der Waals surface area contributed by atoms with Gasteiger partial charge in [0.15, 0.2) is 0 Å². The van der Waals surface area contributed by atoms with Crippen LogP contribution in [0.25, 0.3) is 11.1 Å². The first-order valence-electron chi connectivity index (χ1n) is 13.7. The van der Waals surface area contributed by atoms with Gasteiger partial charge >= 0.3 is 0 Å². The molecular weight excluding hydrogens is 446 g/mol. The van der Waals surface area contributed by atoms with Gasteiger partial charge in [-0.3, -0.25) is 14.6 Å². The van der Waals surface area contributed by atoms with Gasteiger partial charge in [-0.25, -0.2) is 0 Å². The fourth-order valence-corrected chi connectivity index (χ4v) is 5.71. The fraction of sp³-hybridized carbons (Fsp3) is 0.533. The topological polar surface area (TPSA) is 85.4 Å². The summed E-state index contributed by atoms with van der Waals surface area (Å²) in [5.41, 5.74) is 10.1. The monoisotopic (exact) mass is 485 g/mol. The molecule has 0 bridgehead atoms. The molecule has 5 rings (SSSR count). The van der Waals surface area contributed by atoms with Gasteiger partial charge in [-0.15, -0.1) is 0 Å². The quantitative estimate of drug-likeness (QED) is 0.590. The minimum absolute atomic E-state index is 0.121. The highest BCUT2D eigenvalue weighted by Crippen LogP contribution is 2.29. The van der Waals surface area contributed by atoms with Crippen molar-refractivity contribution in [2.75, 3.05) is 32.7 Å². The van der Waals surface area contributed by atoms with Crippen molar-refractivity contribution in [3.63, 3.8) is 0 Å². The predicted molar refractivity (Wildman–Crippen MR) is 143 cm³/mol. The highest BCUT2D eigenvalue weighted by atomic mass is 16.2. The maximum atomic E-state index is 12.7. The normalized spacial score (nSPS) is 21.4. The molecule has 1 atom stereocenters. The third-order valence-electron chi connectivity index (χ3n) is 8.30. The highest BCUT2D eigenvalue weighted by molar-refractivity contribution is 5.86. The molecule has 1 aliphatic heterocycles. The third-order valence-corrected chi connectivity index (χ3v) is 8.30. The van der Waals surface area contributed by atoms with Gasteiger partial charge in [0.05, 0.1) is 17.5 Å². The van der Waals surface area contributed by atoms with Crippen LogP contribution >= 0.6 is 0 Å². The van der Waals surface area contributed by atoms with Gasteiger partial charge in [-0.1, -0.05) is 67.8 Å². The number of nitrogens with one attached hydrogen (secondary N) is 1. The Morgan fingerprint density at radius 1 is 0.972 bits per heavy atom. The van der Waals surface area contributed by atoms with Crippen LogP contribution in [0.3, 0.4) is 0 Å². The first-order valence-corrected chi connectivity index (χ1v) is 13.7. The Balaban J connectivity index is 1.14. The zero-order chi connectivity index (χ0) is 25.0. The van der Waals surface area contributed by atoms with Crippen molar-refractivity contribution in [1.29, 1.82) is 5.26 Å². The molecule has 3 N–H and O–H groups in total. The van der Waals surface area contributed by atoms with Gasteiger partial charge < -0.3 is 11.1 Å². The molecule has 2 saturated carbocycles. The average Bonchev–Trinajstić information content (AvgIpc) is 3.76. The molecule has 3 aliphatic rings. The summed E-state index contributed by atoms with van der Waals surface area (Å²) in [4.78, 5) is 17.9. The molecule has 6 nitrogen and oxygen atoms in total. The van der Waals surface area contributed by atoms with Crippen LogP contribution in [0.4, 0.5) is 0 Å². The van der Waals surface area contributed by atoms with Crippen molar-refractivity contribution in [3.8, 4) is 17.2 Å². The summed E-state index contributed by atoms with van der Waals surface area (Å²) >= 11 is 0. The minimum Gasteiger partial charge on any atom is -0.353 e. The number of hydrogen-bond donors (Lipinski definition) is 2. The number of carbonyl (C=O) groups is 1. The van der Waals surface area contributed by atoms with Crippen LogP contribution in [0.5, 0.6) is 0 Å². The number of hydrogen-bond acceptors (Lipinski definition) is 5. The minimum atomic E-state index is -0.779. The molecule has 1 amide bonds. The van der Waals surface area contributed by atoms with Crippen molar-refractivity contribution >= 4 is 5.91 Å². The lowest BCUT2D eigenvalue weighted by molar-refractivity contribution is -0.127. The molecule has 2 aromatic carbocycles. The lowest BCUT2D eigenvalue weighted by Crippen LogP contribution is -2.55. The molecule has 6 heteroatoms. The second-order valence-electron chi connectivity index (χ2n) is 11.0. The summed E-state index contributed by atoms with van der Waals surface area (Å²) in [5, 5.41) is 12.7. The van der Waals surface area contributed by atoms with Gasteiger partial charge in [0.25, 0.3) is 0 Å². The fourth-order valence-electron chi connectivity index (χ4n) is 5.71. The summed E-state index contributed by atoms with van der Waals surface area (Å²) in [6, 6.07) is 20.2.